The van der Waals surface area contributed by atoms with Crippen LogP contribution in [0, 0.1) is 0 Å². The number of urea groups is 1. The first-order valence-electron chi connectivity index (χ1n) is 8.80. The highest BCUT2D eigenvalue weighted by atomic mass is 16.5. The van der Waals surface area contributed by atoms with Gasteiger partial charge in [-0.05, 0) is 31.4 Å². The summed E-state index contributed by atoms with van der Waals surface area (Å²) in [4.78, 5) is 14.6. The standard InChI is InChI=1S/C18H26N4O3/c1-4-6-13-11-17(21(2)20-13)19-18(23)22-10-5-7-15(22)16-9-8-14(25-16)12-24-3/h8-9,11,15H,4-7,10,12H2,1-3H3,(H,19,23). The molecule has 3 heterocycles. The summed E-state index contributed by atoms with van der Waals surface area (Å²) < 4.78 is 12.7. The van der Waals surface area contributed by atoms with Crippen molar-refractivity contribution in [1.29, 1.82) is 0 Å². The Bertz CT molecular complexity index is 722. The van der Waals surface area contributed by atoms with Gasteiger partial charge in [0, 0.05) is 26.8 Å². The highest BCUT2D eigenvalue weighted by Crippen LogP contribution is 2.33. The number of carbonyl (C=O) groups excluding carboxylic acids is 1. The summed E-state index contributed by atoms with van der Waals surface area (Å²) in [6.07, 6.45) is 3.80. The molecular weight excluding hydrogens is 320 g/mol. The number of amides is 2. The fourth-order valence-electron chi connectivity index (χ4n) is 3.30. The van der Waals surface area contributed by atoms with Crippen LogP contribution in [-0.2, 0) is 24.8 Å². The number of anilines is 1. The van der Waals surface area contributed by atoms with Gasteiger partial charge in [0.25, 0.3) is 0 Å². The quantitative estimate of drug-likeness (QED) is 0.869. The van der Waals surface area contributed by atoms with Gasteiger partial charge < -0.3 is 14.1 Å². The van der Waals surface area contributed by atoms with Crippen LogP contribution < -0.4 is 5.32 Å². The molecule has 0 aliphatic carbocycles. The normalized spacial score (nSPS) is 17.2. The van der Waals surface area contributed by atoms with Gasteiger partial charge in [-0.3, -0.25) is 10.00 Å². The summed E-state index contributed by atoms with van der Waals surface area (Å²) in [5.41, 5.74) is 0.994. The molecule has 1 aliphatic rings. The van der Waals surface area contributed by atoms with E-state index >= 15 is 0 Å². The second-order valence-electron chi connectivity index (χ2n) is 6.41. The summed E-state index contributed by atoms with van der Waals surface area (Å²) in [5, 5.41) is 7.42. The SMILES string of the molecule is CCCc1cc(NC(=O)N2CCCC2c2ccc(COC)o2)n(C)n1. The van der Waals surface area contributed by atoms with Crippen LogP contribution in [0.4, 0.5) is 10.6 Å². The molecule has 1 fully saturated rings. The third-order valence-electron chi connectivity index (χ3n) is 4.48. The summed E-state index contributed by atoms with van der Waals surface area (Å²) in [6.45, 7) is 3.27. The molecule has 25 heavy (non-hydrogen) atoms. The average molecular weight is 346 g/mol. The van der Waals surface area contributed by atoms with Crippen molar-refractivity contribution in [2.75, 3.05) is 19.0 Å². The zero-order valence-electron chi connectivity index (χ0n) is 15.1. The molecule has 0 aromatic carbocycles. The number of rotatable bonds is 6. The van der Waals surface area contributed by atoms with Crippen LogP contribution in [0.3, 0.4) is 0 Å². The van der Waals surface area contributed by atoms with Crippen molar-refractivity contribution in [3.8, 4) is 0 Å². The number of nitrogens with zero attached hydrogens (tertiary/aromatic N) is 3. The molecule has 1 N–H and O–H groups in total. The Morgan fingerprint density at radius 3 is 3.08 bits per heavy atom. The summed E-state index contributed by atoms with van der Waals surface area (Å²) in [5.74, 6) is 2.32. The highest BCUT2D eigenvalue weighted by Gasteiger charge is 2.32. The predicted octanol–water partition coefficient (Wildman–Crippen LogP) is 3.48. The van der Waals surface area contributed by atoms with Gasteiger partial charge in [-0.15, -0.1) is 0 Å². The van der Waals surface area contributed by atoms with Crippen molar-refractivity contribution in [2.24, 2.45) is 7.05 Å². The minimum atomic E-state index is -0.113. The van der Waals surface area contributed by atoms with Gasteiger partial charge in [0.05, 0.1) is 11.7 Å². The molecular formula is C18H26N4O3. The maximum atomic E-state index is 12.8. The highest BCUT2D eigenvalue weighted by molar-refractivity contribution is 5.89. The van der Waals surface area contributed by atoms with Gasteiger partial charge in [0.1, 0.15) is 23.9 Å². The lowest BCUT2D eigenvalue weighted by Crippen LogP contribution is -2.34. The smallest absolute Gasteiger partial charge is 0.323 e. The van der Waals surface area contributed by atoms with Crippen molar-refractivity contribution in [3.05, 3.63) is 35.4 Å². The van der Waals surface area contributed by atoms with E-state index in [1.54, 1.807) is 11.8 Å². The van der Waals surface area contributed by atoms with Gasteiger partial charge in [-0.2, -0.15) is 5.10 Å². The molecule has 0 radical (unpaired) electrons. The van der Waals surface area contributed by atoms with Crippen LogP contribution in [0.2, 0.25) is 0 Å². The number of hydrogen-bond acceptors (Lipinski definition) is 4. The number of aryl methyl sites for hydroxylation is 2. The van der Waals surface area contributed by atoms with E-state index in [0.29, 0.717) is 6.61 Å². The van der Waals surface area contributed by atoms with Gasteiger partial charge in [-0.1, -0.05) is 13.3 Å². The summed E-state index contributed by atoms with van der Waals surface area (Å²) in [6, 6.07) is 5.64. The van der Waals surface area contributed by atoms with Gasteiger partial charge in [0.2, 0.25) is 0 Å². The maximum Gasteiger partial charge on any atom is 0.323 e. The minimum Gasteiger partial charge on any atom is -0.461 e. The summed E-state index contributed by atoms with van der Waals surface area (Å²) >= 11 is 0. The van der Waals surface area contributed by atoms with Crippen molar-refractivity contribution in [3.63, 3.8) is 0 Å². The molecule has 0 saturated carbocycles. The molecule has 7 heteroatoms. The summed E-state index contributed by atoms with van der Waals surface area (Å²) in [7, 11) is 3.48. The first-order valence-corrected chi connectivity index (χ1v) is 8.80. The van der Waals surface area contributed by atoms with Crippen molar-refractivity contribution >= 4 is 11.8 Å². The number of likely N-dealkylation sites (tertiary alicyclic amines) is 1. The predicted molar refractivity (Wildman–Crippen MR) is 94.3 cm³/mol. The van der Waals surface area contributed by atoms with E-state index in [1.807, 2.05) is 30.1 Å². The monoisotopic (exact) mass is 346 g/mol. The number of nitrogens with one attached hydrogen (secondary N) is 1. The van der Waals surface area contributed by atoms with Crippen LogP contribution in [0.5, 0.6) is 0 Å². The van der Waals surface area contributed by atoms with E-state index in [1.165, 1.54) is 0 Å². The zero-order valence-corrected chi connectivity index (χ0v) is 15.1. The molecule has 3 rings (SSSR count). The van der Waals surface area contributed by atoms with Crippen molar-refractivity contribution in [2.45, 2.75) is 45.3 Å². The third-order valence-corrected chi connectivity index (χ3v) is 4.48. The lowest BCUT2D eigenvalue weighted by atomic mass is 10.2. The van der Waals surface area contributed by atoms with Crippen LogP contribution in [-0.4, -0.2) is 34.4 Å². The second-order valence-corrected chi connectivity index (χ2v) is 6.41. The van der Waals surface area contributed by atoms with Gasteiger partial charge >= 0.3 is 6.03 Å². The fraction of sp³-hybridized carbons (Fsp3) is 0.556. The average Bonchev–Trinajstić information content (AvgIpc) is 3.28. The van der Waals surface area contributed by atoms with E-state index in [2.05, 4.69) is 17.3 Å². The molecule has 1 aliphatic heterocycles. The molecule has 136 valence electrons. The Kier molecular flexibility index (Phi) is 5.43. The zero-order chi connectivity index (χ0) is 17.8. The second kappa shape index (κ2) is 7.74. The Balaban J connectivity index is 1.70. The molecule has 2 aromatic rings. The lowest BCUT2D eigenvalue weighted by Gasteiger charge is -2.23. The number of aromatic nitrogens is 2. The number of ether oxygens (including phenoxy) is 1. The van der Waals surface area contributed by atoms with Gasteiger partial charge in [0.15, 0.2) is 0 Å². The molecule has 1 saturated heterocycles. The topological polar surface area (TPSA) is 72.5 Å². The van der Waals surface area contributed by atoms with Crippen LogP contribution in [0.25, 0.3) is 0 Å². The Labute approximate surface area is 147 Å². The fourth-order valence-corrected chi connectivity index (χ4v) is 3.30. The third kappa shape index (κ3) is 3.87. The van der Waals surface area contributed by atoms with Crippen LogP contribution >= 0.6 is 0 Å². The number of furan rings is 1. The number of carbonyl (C=O) groups is 1. The molecule has 1 unspecified atom stereocenters. The maximum absolute atomic E-state index is 12.8. The minimum absolute atomic E-state index is 0.0334. The van der Waals surface area contributed by atoms with Crippen LogP contribution in [0.1, 0.15) is 49.4 Å². The molecule has 0 spiro atoms. The molecule has 1 atom stereocenters. The number of methoxy groups -OCH3 is 1. The molecule has 2 amide bonds. The largest absolute Gasteiger partial charge is 0.461 e. The van der Waals surface area contributed by atoms with Gasteiger partial charge in [-0.25, -0.2) is 4.79 Å². The first kappa shape index (κ1) is 17.5. The number of hydrogen-bond donors (Lipinski definition) is 1. The lowest BCUT2D eigenvalue weighted by molar-refractivity contribution is 0.157. The Hall–Kier alpha value is -2.28. The molecule has 7 nitrogen and oxygen atoms in total. The van der Waals surface area contributed by atoms with E-state index in [-0.39, 0.29) is 12.1 Å². The molecule has 2 aromatic heterocycles. The Morgan fingerprint density at radius 2 is 2.32 bits per heavy atom. The van der Waals surface area contributed by atoms with E-state index in [4.69, 9.17) is 9.15 Å². The van der Waals surface area contributed by atoms with Crippen LogP contribution in [0.15, 0.2) is 22.6 Å². The first-order chi connectivity index (χ1) is 12.1. The molecule has 0 bridgehead atoms. The Morgan fingerprint density at radius 1 is 1.48 bits per heavy atom. The van der Waals surface area contributed by atoms with E-state index in [9.17, 15) is 4.79 Å². The van der Waals surface area contributed by atoms with E-state index in [0.717, 1.165) is 55.3 Å². The van der Waals surface area contributed by atoms with Crippen molar-refractivity contribution < 1.29 is 13.9 Å². The van der Waals surface area contributed by atoms with E-state index < -0.39 is 0 Å². The van der Waals surface area contributed by atoms with Crippen molar-refractivity contribution in [1.82, 2.24) is 14.7 Å².